The van der Waals surface area contributed by atoms with Gasteiger partial charge in [0.05, 0.1) is 5.69 Å². The number of nitrogens with zero attached hydrogens (tertiary/aromatic N) is 3. The summed E-state index contributed by atoms with van der Waals surface area (Å²) in [6.07, 6.45) is 3.37. The average molecular weight is 314 g/mol. The second-order valence-corrected chi connectivity index (χ2v) is 5.40. The summed E-state index contributed by atoms with van der Waals surface area (Å²) in [6.45, 7) is 0. The maximum absolute atomic E-state index is 12.6. The summed E-state index contributed by atoms with van der Waals surface area (Å²) in [6, 6.07) is 18.6. The first-order valence-corrected chi connectivity index (χ1v) is 7.53. The van der Waals surface area contributed by atoms with Crippen molar-refractivity contribution in [2.75, 3.05) is 5.73 Å². The summed E-state index contributed by atoms with van der Waals surface area (Å²) < 4.78 is 1.85. The maximum atomic E-state index is 12.6. The van der Waals surface area contributed by atoms with Crippen molar-refractivity contribution in [1.29, 1.82) is 0 Å². The highest BCUT2D eigenvalue weighted by Gasteiger charge is 2.15. The standard InChI is InChI=1S/C19H14N4O/c20-19-17(13-6-2-1-3-7-13)23-12-14(9-10-16(23)22-19)18(24)15-8-4-5-11-21-15/h1-12H,20H2. The summed E-state index contributed by atoms with van der Waals surface area (Å²) in [7, 11) is 0. The Balaban J connectivity index is 1.88. The molecule has 0 saturated heterocycles. The van der Waals surface area contributed by atoms with Crippen LogP contribution in [0.3, 0.4) is 0 Å². The lowest BCUT2D eigenvalue weighted by molar-refractivity contribution is 0.103. The van der Waals surface area contributed by atoms with Crippen LogP contribution in [0.5, 0.6) is 0 Å². The van der Waals surface area contributed by atoms with E-state index in [0.29, 0.717) is 22.7 Å². The van der Waals surface area contributed by atoms with Gasteiger partial charge < -0.3 is 5.73 Å². The Hall–Kier alpha value is -3.47. The fourth-order valence-electron chi connectivity index (χ4n) is 2.73. The first kappa shape index (κ1) is 14.1. The molecule has 0 spiro atoms. The molecule has 0 amide bonds. The predicted octanol–water partition coefficient (Wildman–Crippen LogP) is 3.21. The molecule has 5 heteroatoms. The molecular formula is C19H14N4O. The van der Waals surface area contributed by atoms with Gasteiger partial charge in [0.25, 0.3) is 0 Å². The quantitative estimate of drug-likeness (QED) is 0.589. The van der Waals surface area contributed by atoms with Crippen molar-refractivity contribution in [3.8, 4) is 11.3 Å². The van der Waals surface area contributed by atoms with Crippen LogP contribution in [-0.2, 0) is 0 Å². The number of aromatic nitrogens is 3. The minimum atomic E-state index is -0.135. The molecule has 0 fully saturated rings. The van der Waals surface area contributed by atoms with Crippen molar-refractivity contribution in [1.82, 2.24) is 14.4 Å². The number of ketones is 1. The molecule has 0 bridgehead atoms. The number of benzene rings is 1. The first-order valence-electron chi connectivity index (χ1n) is 7.53. The number of rotatable bonds is 3. The van der Waals surface area contributed by atoms with Gasteiger partial charge in [-0.15, -0.1) is 0 Å². The van der Waals surface area contributed by atoms with E-state index in [4.69, 9.17) is 5.73 Å². The zero-order chi connectivity index (χ0) is 16.5. The normalized spacial score (nSPS) is 10.8. The average Bonchev–Trinajstić information content (AvgIpc) is 2.97. The molecule has 0 unspecified atom stereocenters. The largest absolute Gasteiger partial charge is 0.382 e. The fourth-order valence-corrected chi connectivity index (χ4v) is 2.73. The van der Waals surface area contributed by atoms with Crippen molar-refractivity contribution in [2.24, 2.45) is 0 Å². The van der Waals surface area contributed by atoms with Crippen LogP contribution in [-0.4, -0.2) is 20.2 Å². The van der Waals surface area contributed by atoms with Crippen LogP contribution in [0, 0.1) is 0 Å². The van der Waals surface area contributed by atoms with Gasteiger partial charge in [-0.3, -0.25) is 14.2 Å². The molecule has 0 radical (unpaired) electrons. The molecule has 2 N–H and O–H groups in total. The molecule has 0 aliphatic rings. The second-order valence-electron chi connectivity index (χ2n) is 5.40. The number of anilines is 1. The SMILES string of the molecule is Nc1nc2ccc(C(=O)c3ccccn3)cn2c1-c1ccccc1. The summed E-state index contributed by atoms with van der Waals surface area (Å²) in [4.78, 5) is 21.1. The highest BCUT2D eigenvalue weighted by molar-refractivity contribution is 6.07. The van der Waals surface area contributed by atoms with Crippen LogP contribution in [0.4, 0.5) is 5.82 Å². The lowest BCUT2D eigenvalue weighted by Gasteiger charge is -2.05. The highest BCUT2D eigenvalue weighted by Crippen LogP contribution is 2.27. The lowest BCUT2D eigenvalue weighted by atomic mass is 10.1. The number of imidazole rings is 1. The molecule has 116 valence electrons. The van der Waals surface area contributed by atoms with Crippen LogP contribution in [0.25, 0.3) is 16.9 Å². The summed E-state index contributed by atoms with van der Waals surface area (Å²) in [5, 5.41) is 0. The van der Waals surface area contributed by atoms with Gasteiger partial charge in [-0.05, 0) is 24.3 Å². The molecule has 3 aromatic heterocycles. The minimum Gasteiger partial charge on any atom is -0.382 e. The van der Waals surface area contributed by atoms with E-state index < -0.39 is 0 Å². The molecule has 0 aliphatic heterocycles. The Kier molecular flexibility index (Phi) is 3.31. The van der Waals surface area contributed by atoms with E-state index in [9.17, 15) is 4.79 Å². The van der Waals surface area contributed by atoms with E-state index in [1.165, 1.54) is 0 Å². The topological polar surface area (TPSA) is 73.3 Å². The third kappa shape index (κ3) is 2.32. The van der Waals surface area contributed by atoms with Gasteiger partial charge in [-0.25, -0.2) is 4.98 Å². The number of fused-ring (bicyclic) bond motifs is 1. The van der Waals surface area contributed by atoms with E-state index in [-0.39, 0.29) is 5.78 Å². The highest BCUT2D eigenvalue weighted by atomic mass is 16.1. The van der Waals surface area contributed by atoms with Gasteiger partial charge in [0.15, 0.2) is 5.82 Å². The predicted molar refractivity (Wildman–Crippen MR) is 92.7 cm³/mol. The molecule has 4 rings (SSSR count). The number of hydrogen-bond acceptors (Lipinski definition) is 4. The molecule has 0 aliphatic carbocycles. The van der Waals surface area contributed by atoms with Crippen LogP contribution in [0.2, 0.25) is 0 Å². The summed E-state index contributed by atoms with van der Waals surface area (Å²) in [5.41, 5.74) is 9.47. The Morgan fingerprint density at radius 2 is 1.75 bits per heavy atom. The second kappa shape index (κ2) is 5.62. The molecule has 4 aromatic rings. The summed E-state index contributed by atoms with van der Waals surface area (Å²) in [5.74, 6) is 0.299. The van der Waals surface area contributed by atoms with E-state index in [0.717, 1.165) is 11.3 Å². The van der Waals surface area contributed by atoms with Gasteiger partial charge in [0, 0.05) is 23.5 Å². The first-order chi connectivity index (χ1) is 11.7. The van der Waals surface area contributed by atoms with Crippen molar-refractivity contribution < 1.29 is 4.79 Å². The van der Waals surface area contributed by atoms with Crippen LogP contribution >= 0.6 is 0 Å². The number of carbonyl (C=O) groups excluding carboxylic acids is 1. The van der Waals surface area contributed by atoms with Gasteiger partial charge >= 0.3 is 0 Å². The molecule has 24 heavy (non-hydrogen) atoms. The van der Waals surface area contributed by atoms with E-state index in [2.05, 4.69) is 9.97 Å². The minimum absolute atomic E-state index is 0.135. The molecule has 1 aromatic carbocycles. The summed E-state index contributed by atoms with van der Waals surface area (Å²) >= 11 is 0. The third-order valence-electron chi connectivity index (χ3n) is 3.85. The number of carbonyl (C=O) groups is 1. The maximum Gasteiger partial charge on any atom is 0.212 e. The number of hydrogen-bond donors (Lipinski definition) is 1. The number of nitrogens with two attached hydrogens (primary N) is 1. The smallest absolute Gasteiger partial charge is 0.212 e. The Morgan fingerprint density at radius 1 is 0.958 bits per heavy atom. The van der Waals surface area contributed by atoms with Gasteiger partial charge in [-0.1, -0.05) is 36.4 Å². The van der Waals surface area contributed by atoms with E-state index in [1.54, 1.807) is 42.7 Å². The number of nitrogen functional groups attached to an aromatic ring is 1. The lowest BCUT2D eigenvalue weighted by Crippen LogP contribution is -2.05. The van der Waals surface area contributed by atoms with Crippen LogP contribution in [0.1, 0.15) is 16.1 Å². The Bertz CT molecular complexity index is 1020. The third-order valence-corrected chi connectivity index (χ3v) is 3.85. The molecular weight excluding hydrogens is 300 g/mol. The van der Waals surface area contributed by atoms with Crippen LogP contribution < -0.4 is 5.73 Å². The Morgan fingerprint density at radius 3 is 2.50 bits per heavy atom. The molecule has 0 atom stereocenters. The van der Waals surface area contributed by atoms with Crippen molar-refractivity contribution in [3.05, 3.63) is 84.3 Å². The monoisotopic (exact) mass is 314 g/mol. The van der Waals surface area contributed by atoms with Crippen molar-refractivity contribution in [3.63, 3.8) is 0 Å². The van der Waals surface area contributed by atoms with Gasteiger partial charge in [0.2, 0.25) is 5.78 Å². The van der Waals surface area contributed by atoms with Crippen LogP contribution in [0.15, 0.2) is 73.1 Å². The molecule has 5 nitrogen and oxygen atoms in total. The zero-order valence-corrected chi connectivity index (χ0v) is 12.8. The van der Waals surface area contributed by atoms with E-state index >= 15 is 0 Å². The van der Waals surface area contributed by atoms with Crippen molar-refractivity contribution in [2.45, 2.75) is 0 Å². The molecule has 0 saturated carbocycles. The zero-order valence-electron chi connectivity index (χ0n) is 12.8. The van der Waals surface area contributed by atoms with Gasteiger partial charge in [-0.2, -0.15) is 0 Å². The van der Waals surface area contributed by atoms with Gasteiger partial charge in [0.1, 0.15) is 11.3 Å². The number of pyridine rings is 2. The van der Waals surface area contributed by atoms with E-state index in [1.807, 2.05) is 34.7 Å². The fraction of sp³-hybridized carbons (Fsp3) is 0. The molecule has 3 heterocycles. The Labute approximate surface area is 138 Å². The van der Waals surface area contributed by atoms with Crippen molar-refractivity contribution >= 4 is 17.2 Å².